The number of aliphatic carboxylic acids is 1. The van der Waals surface area contributed by atoms with E-state index in [1.165, 1.54) is 6.08 Å². The number of halogens is 1. The lowest BCUT2D eigenvalue weighted by Crippen LogP contribution is -2.32. The van der Waals surface area contributed by atoms with Gasteiger partial charge in [-0.15, -0.1) is 0 Å². The Balaban J connectivity index is 3.21. The van der Waals surface area contributed by atoms with Crippen molar-refractivity contribution in [2.75, 3.05) is 11.4 Å². The van der Waals surface area contributed by atoms with Gasteiger partial charge in [-0.25, -0.2) is 4.79 Å². The van der Waals surface area contributed by atoms with Gasteiger partial charge in [0.05, 0.1) is 0 Å². The van der Waals surface area contributed by atoms with Crippen LogP contribution in [0.3, 0.4) is 0 Å². The molecule has 0 heterocycles. The first-order chi connectivity index (χ1) is 8.95. The summed E-state index contributed by atoms with van der Waals surface area (Å²) in [5, 5.41) is 8.76. The summed E-state index contributed by atoms with van der Waals surface area (Å²) < 4.78 is 0.997. The molecule has 104 valence electrons. The molecule has 0 aliphatic rings. The summed E-state index contributed by atoms with van der Waals surface area (Å²) in [6.07, 6.45) is 3.87. The minimum atomic E-state index is -0.930. The Morgan fingerprint density at radius 1 is 1.47 bits per heavy atom. The molecule has 4 heteroatoms. The van der Waals surface area contributed by atoms with Crippen LogP contribution in [0.15, 0.2) is 28.7 Å². The van der Waals surface area contributed by atoms with Gasteiger partial charge in [-0.3, -0.25) is 0 Å². The van der Waals surface area contributed by atoms with Crippen LogP contribution in [0.4, 0.5) is 5.69 Å². The highest BCUT2D eigenvalue weighted by Gasteiger charge is 2.13. The maximum atomic E-state index is 10.7. The van der Waals surface area contributed by atoms with Gasteiger partial charge in [-0.2, -0.15) is 0 Å². The maximum Gasteiger partial charge on any atom is 0.328 e. The summed E-state index contributed by atoms with van der Waals surface area (Å²) >= 11 is 3.48. The van der Waals surface area contributed by atoms with Crippen molar-refractivity contribution in [3.05, 3.63) is 34.3 Å². The zero-order valence-corrected chi connectivity index (χ0v) is 13.1. The number of carboxylic acid groups (broad SMARTS) is 1. The molecule has 0 radical (unpaired) electrons. The molecule has 3 nitrogen and oxygen atoms in total. The number of benzene rings is 1. The van der Waals surface area contributed by atoms with Crippen LogP contribution in [0.25, 0.3) is 6.08 Å². The Kier molecular flexibility index (Phi) is 6.09. The zero-order valence-electron chi connectivity index (χ0n) is 11.6. The second-order valence-corrected chi connectivity index (χ2v) is 5.58. The Bertz CT molecular complexity index is 469. The fourth-order valence-corrected chi connectivity index (χ4v) is 2.31. The molecule has 0 atom stereocenters. The molecule has 1 N–H and O–H groups in total. The second-order valence-electron chi connectivity index (χ2n) is 4.66. The van der Waals surface area contributed by atoms with E-state index in [0.717, 1.165) is 28.7 Å². The Labute approximate surface area is 123 Å². The molecule has 0 fully saturated rings. The van der Waals surface area contributed by atoms with Crippen LogP contribution >= 0.6 is 15.9 Å². The van der Waals surface area contributed by atoms with Crippen molar-refractivity contribution >= 4 is 33.7 Å². The molecule has 0 unspecified atom stereocenters. The van der Waals surface area contributed by atoms with Gasteiger partial charge < -0.3 is 10.0 Å². The van der Waals surface area contributed by atoms with Crippen LogP contribution in [0, 0.1) is 0 Å². The predicted octanol–water partition coefficient (Wildman–Crippen LogP) is 4.17. The minimum absolute atomic E-state index is 0.367. The normalized spacial score (nSPS) is 11.2. The van der Waals surface area contributed by atoms with Gasteiger partial charge in [0.25, 0.3) is 0 Å². The summed E-state index contributed by atoms with van der Waals surface area (Å²) in [6.45, 7) is 7.37. The van der Waals surface area contributed by atoms with Crippen molar-refractivity contribution in [1.82, 2.24) is 0 Å². The van der Waals surface area contributed by atoms with Gasteiger partial charge in [-0.05, 0) is 44.0 Å². The molecule has 1 aromatic carbocycles. The van der Waals surface area contributed by atoms with Gasteiger partial charge in [0.1, 0.15) is 0 Å². The van der Waals surface area contributed by atoms with Crippen LogP contribution in [0.5, 0.6) is 0 Å². The van der Waals surface area contributed by atoms with E-state index in [9.17, 15) is 4.79 Å². The van der Waals surface area contributed by atoms with E-state index in [1.54, 1.807) is 6.08 Å². The van der Waals surface area contributed by atoms with Crippen molar-refractivity contribution in [3.63, 3.8) is 0 Å². The molecule has 19 heavy (non-hydrogen) atoms. The van der Waals surface area contributed by atoms with Gasteiger partial charge >= 0.3 is 5.97 Å². The molecule has 0 amide bonds. The highest BCUT2D eigenvalue weighted by molar-refractivity contribution is 9.10. The molecule has 0 saturated heterocycles. The topological polar surface area (TPSA) is 40.5 Å². The Morgan fingerprint density at radius 2 is 2.16 bits per heavy atom. The third-order valence-corrected chi connectivity index (χ3v) is 3.29. The number of carbonyl (C=O) groups is 1. The van der Waals surface area contributed by atoms with E-state index in [4.69, 9.17) is 5.11 Å². The first kappa shape index (κ1) is 15.8. The lowest BCUT2D eigenvalue weighted by atomic mass is 10.1. The highest BCUT2D eigenvalue weighted by atomic mass is 79.9. The van der Waals surface area contributed by atoms with Crippen molar-refractivity contribution in [1.29, 1.82) is 0 Å². The number of anilines is 1. The van der Waals surface area contributed by atoms with Crippen molar-refractivity contribution in [2.24, 2.45) is 0 Å². The molecule has 1 aromatic rings. The Morgan fingerprint density at radius 3 is 2.68 bits per heavy atom. The van der Waals surface area contributed by atoms with E-state index in [0.29, 0.717) is 6.04 Å². The second kappa shape index (κ2) is 7.34. The lowest BCUT2D eigenvalue weighted by Gasteiger charge is -2.30. The zero-order chi connectivity index (χ0) is 14.4. The number of carboxylic acids is 1. The molecule has 0 aliphatic carbocycles. The number of nitrogens with zero attached hydrogens (tertiary/aromatic N) is 1. The summed E-state index contributed by atoms with van der Waals surface area (Å²) in [7, 11) is 0. The molecular formula is C15H20BrNO2. The van der Waals surface area contributed by atoms with Crippen LogP contribution < -0.4 is 4.90 Å². The summed E-state index contributed by atoms with van der Waals surface area (Å²) in [5.74, 6) is -0.930. The van der Waals surface area contributed by atoms with Gasteiger partial charge in [0, 0.05) is 28.8 Å². The third kappa shape index (κ3) is 4.71. The molecule has 0 saturated carbocycles. The monoisotopic (exact) mass is 325 g/mol. The number of hydrogen-bond donors (Lipinski definition) is 1. The first-order valence-electron chi connectivity index (χ1n) is 6.43. The quantitative estimate of drug-likeness (QED) is 0.798. The molecule has 0 aliphatic heterocycles. The highest BCUT2D eigenvalue weighted by Crippen LogP contribution is 2.28. The van der Waals surface area contributed by atoms with E-state index in [1.807, 2.05) is 18.2 Å². The van der Waals surface area contributed by atoms with Crippen molar-refractivity contribution in [3.8, 4) is 0 Å². The molecular weight excluding hydrogens is 306 g/mol. The fourth-order valence-electron chi connectivity index (χ4n) is 1.97. The standard InChI is InChI=1S/C15H20BrNO2/c1-4-9-17(11(2)3)14-10-13(16)7-5-12(14)6-8-15(18)19/h5-8,10-11H,4,9H2,1-3H3,(H,18,19)/b8-6+. The molecule has 0 bridgehead atoms. The van der Waals surface area contributed by atoms with Gasteiger partial charge in [-0.1, -0.05) is 28.9 Å². The molecule has 0 spiro atoms. The smallest absolute Gasteiger partial charge is 0.328 e. The number of rotatable bonds is 6. The average Bonchev–Trinajstić information content (AvgIpc) is 2.33. The van der Waals surface area contributed by atoms with E-state index >= 15 is 0 Å². The maximum absolute atomic E-state index is 10.7. The van der Waals surface area contributed by atoms with Crippen LogP contribution in [-0.4, -0.2) is 23.7 Å². The molecule has 1 rings (SSSR count). The van der Waals surface area contributed by atoms with Crippen LogP contribution in [-0.2, 0) is 4.79 Å². The SMILES string of the molecule is CCCN(c1cc(Br)ccc1/C=C/C(=O)O)C(C)C. The summed E-state index contributed by atoms with van der Waals surface area (Å²) in [6, 6.07) is 6.27. The van der Waals surface area contributed by atoms with E-state index < -0.39 is 5.97 Å². The van der Waals surface area contributed by atoms with Crippen LogP contribution in [0.1, 0.15) is 32.8 Å². The fraction of sp³-hybridized carbons (Fsp3) is 0.400. The third-order valence-electron chi connectivity index (χ3n) is 2.80. The first-order valence-corrected chi connectivity index (χ1v) is 7.22. The predicted molar refractivity (Wildman–Crippen MR) is 83.6 cm³/mol. The van der Waals surface area contributed by atoms with E-state index in [-0.39, 0.29) is 0 Å². The molecule has 0 aromatic heterocycles. The van der Waals surface area contributed by atoms with Crippen molar-refractivity contribution in [2.45, 2.75) is 33.2 Å². The summed E-state index contributed by atoms with van der Waals surface area (Å²) in [4.78, 5) is 13.0. The average molecular weight is 326 g/mol. The number of hydrogen-bond acceptors (Lipinski definition) is 2. The van der Waals surface area contributed by atoms with Crippen LogP contribution in [0.2, 0.25) is 0 Å². The Hall–Kier alpha value is -1.29. The lowest BCUT2D eigenvalue weighted by molar-refractivity contribution is -0.131. The summed E-state index contributed by atoms with van der Waals surface area (Å²) in [5.41, 5.74) is 1.98. The van der Waals surface area contributed by atoms with Crippen molar-refractivity contribution < 1.29 is 9.90 Å². The van der Waals surface area contributed by atoms with Gasteiger partial charge in [0.2, 0.25) is 0 Å². The van der Waals surface area contributed by atoms with E-state index in [2.05, 4.69) is 41.6 Å². The van der Waals surface area contributed by atoms with Gasteiger partial charge in [0.15, 0.2) is 0 Å². The largest absolute Gasteiger partial charge is 0.478 e. The minimum Gasteiger partial charge on any atom is -0.478 e.